The first-order valence-corrected chi connectivity index (χ1v) is 9.77. The van der Waals surface area contributed by atoms with Gasteiger partial charge in [-0.2, -0.15) is 11.8 Å². The highest BCUT2D eigenvalue weighted by molar-refractivity contribution is 7.98. The summed E-state index contributed by atoms with van der Waals surface area (Å²) in [6.45, 7) is 3.85. The van der Waals surface area contributed by atoms with Gasteiger partial charge in [0.2, 0.25) is 0 Å². The van der Waals surface area contributed by atoms with Gasteiger partial charge in [0.25, 0.3) is 0 Å². The molecule has 1 aliphatic heterocycles. The number of ether oxygens (including phenoxy) is 4. The van der Waals surface area contributed by atoms with Crippen LogP contribution in [0.5, 0.6) is 0 Å². The number of carbonyl (C=O) groups excluding carboxylic acids is 3. The predicted octanol–water partition coefficient (Wildman–Crippen LogP) is 2.11. The minimum absolute atomic E-state index is 0.0614. The highest BCUT2D eigenvalue weighted by Gasteiger charge is 2.46. The molecule has 1 saturated heterocycles. The molecule has 7 nitrogen and oxygen atoms in total. The fourth-order valence-electron chi connectivity index (χ4n) is 2.82. The van der Waals surface area contributed by atoms with Crippen LogP contribution >= 0.6 is 11.8 Å². The van der Waals surface area contributed by atoms with E-state index in [9.17, 15) is 14.4 Å². The van der Waals surface area contributed by atoms with E-state index >= 15 is 0 Å². The Balaban J connectivity index is 2.08. The van der Waals surface area contributed by atoms with Crippen LogP contribution < -0.4 is 0 Å². The molecule has 1 fully saturated rings. The van der Waals surface area contributed by atoms with Gasteiger partial charge >= 0.3 is 17.9 Å². The van der Waals surface area contributed by atoms with Gasteiger partial charge in [-0.15, -0.1) is 0 Å². The van der Waals surface area contributed by atoms with Crippen molar-refractivity contribution in [1.29, 1.82) is 0 Å². The molecule has 4 atom stereocenters. The van der Waals surface area contributed by atoms with Crippen molar-refractivity contribution in [3.05, 3.63) is 35.9 Å². The maximum Gasteiger partial charge on any atom is 0.303 e. The van der Waals surface area contributed by atoms with E-state index in [2.05, 4.69) is 0 Å². The van der Waals surface area contributed by atoms with Gasteiger partial charge in [-0.05, 0) is 5.56 Å². The lowest BCUT2D eigenvalue weighted by Crippen LogP contribution is -2.58. The molecule has 1 aliphatic rings. The monoisotopic (exact) mass is 396 g/mol. The quantitative estimate of drug-likeness (QED) is 0.512. The number of benzene rings is 1. The third-order valence-corrected chi connectivity index (χ3v) is 4.95. The zero-order chi connectivity index (χ0) is 19.8. The Bertz CT molecular complexity index is 649. The van der Waals surface area contributed by atoms with E-state index in [1.807, 2.05) is 30.3 Å². The van der Waals surface area contributed by atoms with Gasteiger partial charge in [-0.25, -0.2) is 0 Å². The normalized spacial score (nSPS) is 24.7. The minimum Gasteiger partial charge on any atom is -0.456 e. The fourth-order valence-corrected chi connectivity index (χ4v) is 3.89. The summed E-state index contributed by atoms with van der Waals surface area (Å²) < 4.78 is 21.7. The lowest BCUT2D eigenvalue weighted by Gasteiger charge is -2.40. The summed E-state index contributed by atoms with van der Waals surface area (Å²) in [5.74, 6) is -0.315. The second-order valence-electron chi connectivity index (χ2n) is 6.17. The van der Waals surface area contributed by atoms with Crippen LogP contribution in [0.15, 0.2) is 30.3 Å². The molecule has 0 bridgehead atoms. The summed E-state index contributed by atoms with van der Waals surface area (Å²) >= 11 is 1.62. The summed E-state index contributed by atoms with van der Waals surface area (Å²) in [6, 6.07) is 9.94. The number of thioether (sulfide) groups is 1. The largest absolute Gasteiger partial charge is 0.456 e. The van der Waals surface area contributed by atoms with Gasteiger partial charge in [0.1, 0.15) is 6.10 Å². The van der Waals surface area contributed by atoms with Crippen molar-refractivity contribution in [2.75, 3.05) is 12.4 Å². The molecule has 0 N–H and O–H groups in total. The molecule has 1 aromatic rings. The molecular formula is C19H24O7S. The van der Waals surface area contributed by atoms with E-state index in [0.29, 0.717) is 5.75 Å². The molecule has 1 heterocycles. The first-order valence-electron chi connectivity index (χ1n) is 8.61. The van der Waals surface area contributed by atoms with E-state index in [4.69, 9.17) is 18.9 Å². The van der Waals surface area contributed by atoms with Crippen LogP contribution in [0.25, 0.3) is 0 Å². The maximum absolute atomic E-state index is 11.6. The molecular weight excluding hydrogens is 372 g/mol. The molecule has 8 heteroatoms. The molecule has 0 unspecified atom stereocenters. The van der Waals surface area contributed by atoms with Crippen LogP contribution in [0.1, 0.15) is 26.3 Å². The van der Waals surface area contributed by atoms with Crippen LogP contribution in [0.2, 0.25) is 0 Å². The lowest BCUT2D eigenvalue weighted by molar-refractivity contribution is -0.222. The Morgan fingerprint density at radius 2 is 1.56 bits per heavy atom. The van der Waals surface area contributed by atoms with Gasteiger partial charge in [-0.3, -0.25) is 14.4 Å². The number of hydrogen-bond acceptors (Lipinski definition) is 8. The summed E-state index contributed by atoms with van der Waals surface area (Å²) in [5.41, 5.74) is 1.16. The summed E-state index contributed by atoms with van der Waals surface area (Å²) in [6.07, 6.45) is -3.08. The van der Waals surface area contributed by atoms with Crippen molar-refractivity contribution in [3.63, 3.8) is 0 Å². The van der Waals surface area contributed by atoms with E-state index in [1.165, 1.54) is 20.8 Å². The van der Waals surface area contributed by atoms with Gasteiger partial charge < -0.3 is 18.9 Å². The van der Waals surface area contributed by atoms with Crippen molar-refractivity contribution in [2.24, 2.45) is 0 Å². The topological polar surface area (TPSA) is 88.1 Å². The average Bonchev–Trinajstić information content (AvgIpc) is 2.59. The van der Waals surface area contributed by atoms with Gasteiger partial charge in [0, 0.05) is 32.3 Å². The molecule has 0 amide bonds. The molecule has 0 aromatic heterocycles. The minimum atomic E-state index is -0.911. The van der Waals surface area contributed by atoms with Gasteiger partial charge in [0.15, 0.2) is 18.3 Å². The first kappa shape index (κ1) is 21.2. The highest BCUT2D eigenvalue weighted by atomic mass is 32.2. The Labute approximate surface area is 162 Å². The SMILES string of the molecule is CC(=O)O[C@@H]1[C@@H](OC(C)=O)[C@H](OC(C)=O)CO[C@@H]1CSCc1ccccc1. The van der Waals surface area contributed by atoms with Crippen LogP contribution in [0.4, 0.5) is 0 Å². The Morgan fingerprint density at radius 3 is 2.15 bits per heavy atom. The molecule has 1 aromatic carbocycles. The maximum atomic E-state index is 11.6. The smallest absolute Gasteiger partial charge is 0.303 e. The van der Waals surface area contributed by atoms with Gasteiger partial charge in [-0.1, -0.05) is 30.3 Å². The standard InChI is InChI=1S/C19H24O7S/c1-12(20)24-16-9-23-17(11-27-10-15-7-5-4-6-8-15)19(26-14(3)22)18(16)25-13(2)21/h4-8,16-19H,9-11H2,1-3H3/t16-,17-,18+,19+/m1/s1. The Morgan fingerprint density at radius 1 is 0.963 bits per heavy atom. The van der Waals surface area contributed by atoms with E-state index < -0.39 is 42.3 Å². The zero-order valence-corrected chi connectivity index (χ0v) is 16.4. The fraction of sp³-hybridized carbons (Fsp3) is 0.526. The van der Waals surface area contributed by atoms with Crippen molar-refractivity contribution in [1.82, 2.24) is 0 Å². The van der Waals surface area contributed by atoms with Crippen LogP contribution in [-0.4, -0.2) is 54.7 Å². The second-order valence-corrected chi connectivity index (χ2v) is 7.20. The number of esters is 3. The zero-order valence-electron chi connectivity index (χ0n) is 15.6. The second kappa shape index (κ2) is 10.3. The van der Waals surface area contributed by atoms with Crippen molar-refractivity contribution >= 4 is 29.7 Å². The molecule has 0 radical (unpaired) electrons. The Hall–Kier alpha value is -2.06. The number of rotatable bonds is 7. The third kappa shape index (κ3) is 6.88. The molecule has 0 spiro atoms. The third-order valence-electron chi connectivity index (χ3n) is 3.85. The van der Waals surface area contributed by atoms with Crippen LogP contribution in [-0.2, 0) is 39.1 Å². The average molecular weight is 396 g/mol. The summed E-state index contributed by atoms with van der Waals surface area (Å²) in [7, 11) is 0. The molecule has 27 heavy (non-hydrogen) atoms. The van der Waals surface area contributed by atoms with E-state index in [0.717, 1.165) is 11.3 Å². The van der Waals surface area contributed by atoms with Crippen molar-refractivity contribution < 1.29 is 33.3 Å². The van der Waals surface area contributed by atoms with Crippen LogP contribution in [0, 0.1) is 0 Å². The van der Waals surface area contributed by atoms with Crippen LogP contribution in [0.3, 0.4) is 0 Å². The van der Waals surface area contributed by atoms with E-state index in [1.54, 1.807) is 11.8 Å². The molecule has 2 rings (SSSR count). The number of hydrogen-bond donors (Lipinski definition) is 0. The summed E-state index contributed by atoms with van der Waals surface area (Å²) in [5, 5.41) is 0. The Kier molecular flexibility index (Phi) is 8.12. The highest BCUT2D eigenvalue weighted by Crippen LogP contribution is 2.27. The summed E-state index contributed by atoms with van der Waals surface area (Å²) in [4.78, 5) is 34.5. The first-order chi connectivity index (χ1) is 12.9. The number of carbonyl (C=O) groups is 3. The van der Waals surface area contributed by atoms with E-state index in [-0.39, 0.29) is 6.61 Å². The molecule has 148 valence electrons. The molecule has 0 saturated carbocycles. The lowest BCUT2D eigenvalue weighted by atomic mass is 10.00. The van der Waals surface area contributed by atoms with Crippen molar-refractivity contribution in [3.8, 4) is 0 Å². The predicted molar refractivity (Wildman–Crippen MR) is 99.0 cm³/mol. The van der Waals surface area contributed by atoms with Gasteiger partial charge in [0.05, 0.1) is 6.61 Å². The molecule has 0 aliphatic carbocycles. The van der Waals surface area contributed by atoms with Crippen molar-refractivity contribution in [2.45, 2.75) is 50.9 Å².